The number of methoxy groups -OCH3 is 1. The normalized spacial score (nSPS) is 15.6. The summed E-state index contributed by atoms with van der Waals surface area (Å²) in [7, 11) is 1.39. The third-order valence-electron chi connectivity index (χ3n) is 5.24. The van der Waals surface area contributed by atoms with E-state index < -0.39 is 29.0 Å². The Bertz CT molecular complexity index is 1280. The molecule has 0 radical (unpaired) electrons. The average molecular weight is 410 g/mol. The van der Waals surface area contributed by atoms with Crippen molar-refractivity contribution in [3.8, 4) is 23.0 Å². The van der Waals surface area contributed by atoms with Crippen molar-refractivity contribution in [2.75, 3.05) is 7.11 Å². The number of aromatic hydroxyl groups is 2. The summed E-state index contributed by atoms with van der Waals surface area (Å²) >= 11 is 0. The van der Waals surface area contributed by atoms with Crippen molar-refractivity contribution in [3.63, 3.8) is 0 Å². The molecular formula is C22H18O8. The maximum atomic E-state index is 12.4. The zero-order valence-corrected chi connectivity index (χ0v) is 16.4. The Hall–Kier alpha value is -3.81. The van der Waals surface area contributed by atoms with Crippen molar-refractivity contribution in [3.05, 3.63) is 56.9 Å². The lowest BCUT2D eigenvalue weighted by Gasteiger charge is -2.28. The highest BCUT2D eigenvalue weighted by Crippen LogP contribution is 2.50. The second-order valence-electron chi connectivity index (χ2n) is 7.14. The zero-order chi connectivity index (χ0) is 21.7. The van der Waals surface area contributed by atoms with E-state index in [4.69, 9.17) is 13.9 Å². The van der Waals surface area contributed by atoms with Gasteiger partial charge in [0.05, 0.1) is 18.9 Å². The molecule has 8 nitrogen and oxygen atoms in total. The van der Waals surface area contributed by atoms with Gasteiger partial charge in [-0.3, -0.25) is 9.59 Å². The molecule has 3 aromatic rings. The Labute approximate surface area is 170 Å². The van der Waals surface area contributed by atoms with Crippen LogP contribution in [-0.4, -0.2) is 29.1 Å². The number of Topliss-reactive ketones (excluding diaryl/α,β-unsaturated/α-hetero) is 1. The van der Waals surface area contributed by atoms with Crippen LogP contribution in [0.5, 0.6) is 23.0 Å². The zero-order valence-electron chi connectivity index (χ0n) is 16.4. The molecule has 0 unspecified atom stereocenters. The topological polar surface area (TPSA) is 123 Å². The molecule has 1 aliphatic heterocycles. The Morgan fingerprint density at radius 3 is 2.60 bits per heavy atom. The first kappa shape index (κ1) is 19.5. The van der Waals surface area contributed by atoms with Gasteiger partial charge in [-0.15, -0.1) is 0 Å². The van der Waals surface area contributed by atoms with E-state index in [2.05, 4.69) is 0 Å². The van der Waals surface area contributed by atoms with Gasteiger partial charge in [-0.2, -0.15) is 0 Å². The predicted molar refractivity (Wildman–Crippen MR) is 106 cm³/mol. The molecule has 1 aliphatic rings. The number of rotatable bonds is 3. The van der Waals surface area contributed by atoms with Crippen LogP contribution in [0.2, 0.25) is 0 Å². The lowest BCUT2D eigenvalue weighted by molar-refractivity contribution is -0.135. The third kappa shape index (κ3) is 2.88. The standard InChI is InChI=1S/C22H18O8/c1-9-6-15(25)29-21-17(9)20(27)18(10(2)23)22-19(21)12(8-16(26)30-22)11-4-5-13(24)14(7-11)28-3/h4-7,12,24,27H,8H2,1-3H3/t12-/m0/s1. The number of ketones is 1. The fourth-order valence-corrected chi connectivity index (χ4v) is 3.93. The van der Waals surface area contributed by atoms with Crippen LogP contribution in [0.3, 0.4) is 0 Å². The molecule has 8 heteroatoms. The highest BCUT2D eigenvalue weighted by atomic mass is 16.5. The van der Waals surface area contributed by atoms with Gasteiger partial charge < -0.3 is 24.1 Å². The number of hydrogen-bond donors (Lipinski definition) is 2. The minimum absolute atomic E-state index is 0.0436. The summed E-state index contributed by atoms with van der Waals surface area (Å²) in [6.07, 6.45) is -0.101. The molecule has 2 N–H and O–H groups in total. The quantitative estimate of drug-likeness (QED) is 0.292. The Kier molecular flexibility index (Phi) is 4.49. The molecule has 0 saturated carbocycles. The largest absolute Gasteiger partial charge is 0.506 e. The van der Waals surface area contributed by atoms with Gasteiger partial charge in [-0.1, -0.05) is 6.07 Å². The first-order chi connectivity index (χ1) is 14.2. The predicted octanol–water partition coefficient (Wildman–Crippen LogP) is 3.16. The lowest BCUT2D eigenvalue weighted by Crippen LogP contribution is -2.23. The fourth-order valence-electron chi connectivity index (χ4n) is 3.93. The van der Waals surface area contributed by atoms with E-state index in [-0.39, 0.29) is 40.2 Å². The Balaban J connectivity index is 2.15. The monoisotopic (exact) mass is 410 g/mol. The van der Waals surface area contributed by atoms with E-state index in [1.807, 2.05) is 0 Å². The summed E-state index contributed by atoms with van der Waals surface area (Å²) < 4.78 is 16.0. The molecule has 1 atom stereocenters. The van der Waals surface area contributed by atoms with Gasteiger partial charge in [0.1, 0.15) is 16.9 Å². The average Bonchev–Trinajstić information content (AvgIpc) is 2.66. The van der Waals surface area contributed by atoms with Crippen LogP contribution in [0.25, 0.3) is 11.0 Å². The van der Waals surface area contributed by atoms with Crippen LogP contribution in [0.4, 0.5) is 0 Å². The summed E-state index contributed by atoms with van der Waals surface area (Å²) in [4.78, 5) is 36.9. The number of carbonyl (C=O) groups excluding carboxylic acids is 2. The fraction of sp³-hybridized carbons (Fsp3) is 0.227. The molecule has 0 aliphatic carbocycles. The van der Waals surface area contributed by atoms with Crippen molar-refractivity contribution in [2.45, 2.75) is 26.2 Å². The summed E-state index contributed by atoms with van der Waals surface area (Å²) in [6, 6.07) is 5.79. The van der Waals surface area contributed by atoms with Crippen molar-refractivity contribution >= 4 is 22.7 Å². The molecule has 0 spiro atoms. The molecule has 0 saturated heterocycles. The molecule has 0 amide bonds. The van der Waals surface area contributed by atoms with Crippen LogP contribution >= 0.6 is 0 Å². The summed E-state index contributed by atoms with van der Waals surface area (Å²) in [5.74, 6) is -2.21. The number of phenols is 2. The molecule has 0 bridgehead atoms. The van der Waals surface area contributed by atoms with Gasteiger partial charge in [0.15, 0.2) is 23.0 Å². The number of hydrogen-bond acceptors (Lipinski definition) is 8. The SMILES string of the molecule is COc1cc([C@@H]2CC(=O)Oc3c(C(C)=O)c(O)c4c(C)cc(=O)oc4c32)ccc1O. The first-order valence-corrected chi connectivity index (χ1v) is 9.14. The van der Waals surface area contributed by atoms with Gasteiger partial charge in [-0.05, 0) is 37.1 Å². The van der Waals surface area contributed by atoms with Crippen molar-refractivity contribution in [1.29, 1.82) is 0 Å². The molecular weight excluding hydrogens is 392 g/mol. The lowest BCUT2D eigenvalue weighted by atomic mass is 9.82. The van der Waals surface area contributed by atoms with Crippen LogP contribution in [0, 0.1) is 6.92 Å². The molecule has 2 heterocycles. The summed E-state index contributed by atoms with van der Waals surface area (Å²) in [6.45, 7) is 2.86. The molecule has 1 aromatic heterocycles. The highest BCUT2D eigenvalue weighted by molar-refractivity contribution is 6.09. The van der Waals surface area contributed by atoms with Gasteiger partial charge >= 0.3 is 11.6 Å². The van der Waals surface area contributed by atoms with Crippen LogP contribution < -0.4 is 15.1 Å². The molecule has 4 rings (SSSR count). The van der Waals surface area contributed by atoms with Crippen LogP contribution in [0.1, 0.15) is 46.3 Å². The highest BCUT2D eigenvalue weighted by Gasteiger charge is 2.37. The van der Waals surface area contributed by atoms with Gasteiger partial charge in [-0.25, -0.2) is 4.79 Å². The number of esters is 1. The number of benzene rings is 2. The van der Waals surface area contributed by atoms with Gasteiger partial charge in [0.25, 0.3) is 0 Å². The molecule has 2 aromatic carbocycles. The van der Waals surface area contributed by atoms with E-state index in [1.165, 1.54) is 26.2 Å². The van der Waals surface area contributed by atoms with E-state index in [1.54, 1.807) is 19.1 Å². The maximum Gasteiger partial charge on any atom is 0.336 e. The minimum Gasteiger partial charge on any atom is -0.506 e. The van der Waals surface area contributed by atoms with E-state index >= 15 is 0 Å². The van der Waals surface area contributed by atoms with E-state index in [9.17, 15) is 24.6 Å². The number of aryl methyl sites for hydroxylation is 1. The molecule has 0 fully saturated rings. The van der Waals surface area contributed by atoms with Crippen molar-refractivity contribution in [2.24, 2.45) is 0 Å². The number of ether oxygens (including phenoxy) is 2. The van der Waals surface area contributed by atoms with Gasteiger partial charge in [0, 0.05) is 17.5 Å². The summed E-state index contributed by atoms with van der Waals surface area (Å²) in [5.41, 5.74) is 0.550. The maximum absolute atomic E-state index is 12.4. The van der Waals surface area contributed by atoms with E-state index in [0.717, 1.165) is 0 Å². The number of carbonyl (C=O) groups is 2. The van der Waals surface area contributed by atoms with Crippen LogP contribution in [0.15, 0.2) is 33.5 Å². The third-order valence-corrected chi connectivity index (χ3v) is 5.24. The number of phenolic OH excluding ortho intramolecular Hbond substituents is 2. The number of fused-ring (bicyclic) bond motifs is 3. The van der Waals surface area contributed by atoms with Crippen molar-refractivity contribution < 1.29 is 33.7 Å². The summed E-state index contributed by atoms with van der Waals surface area (Å²) in [5, 5.41) is 20.9. The second kappa shape index (κ2) is 6.91. The Morgan fingerprint density at radius 1 is 1.20 bits per heavy atom. The Morgan fingerprint density at radius 2 is 1.93 bits per heavy atom. The first-order valence-electron chi connectivity index (χ1n) is 9.14. The minimum atomic E-state index is -0.665. The van der Waals surface area contributed by atoms with Crippen LogP contribution in [-0.2, 0) is 4.79 Å². The molecule has 30 heavy (non-hydrogen) atoms. The van der Waals surface area contributed by atoms with Crippen molar-refractivity contribution in [1.82, 2.24) is 0 Å². The second-order valence-corrected chi connectivity index (χ2v) is 7.14. The van der Waals surface area contributed by atoms with Gasteiger partial charge in [0.2, 0.25) is 0 Å². The molecule has 154 valence electrons. The van der Waals surface area contributed by atoms with E-state index in [0.29, 0.717) is 16.7 Å². The smallest absolute Gasteiger partial charge is 0.336 e.